The van der Waals surface area contributed by atoms with E-state index in [1.165, 1.54) is 11.3 Å². The van der Waals surface area contributed by atoms with E-state index in [0.29, 0.717) is 6.42 Å². The lowest BCUT2D eigenvalue weighted by molar-refractivity contribution is -0.138. The van der Waals surface area contributed by atoms with Crippen LogP contribution in [0.15, 0.2) is 23.2 Å². The lowest BCUT2D eigenvalue weighted by Crippen LogP contribution is -2.23. The summed E-state index contributed by atoms with van der Waals surface area (Å²) in [5.41, 5.74) is 0.881. The van der Waals surface area contributed by atoms with Crippen LogP contribution < -0.4 is 4.74 Å². The van der Waals surface area contributed by atoms with E-state index in [1.807, 2.05) is 18.2 Å². The van der Waals surface area contributed by atoms with Gasteiger partial charge in [0, 0.05) is 5.75 Å². The van der Waals surface area contributed by atoms with Crippen LogP contribution >= 0.6 is 23.1 Å². The molecule has 0 radical (unpaired) electrons. The number of carboxylic acid groups (broad SMARTS) is 1. The maximum Gasteiger partial charge on any atom is 0.328 e. The Hall–Kier alpha value is -1.60. The Kier molecular flexibility index (Phi) is 3.62. The summed E-state index contributed by atoms with van der Waals surface area (Å²) in [7, 11) is 1.63. The zero-order chi connectivity index (χ0) is 14.1. The first kappa shape index (κ1) is 13.4. The predicted octanol–water partition coefficient (Wildman–Crippen LogP) is 2.64. The van der Waals surface area contributed by atoms with Gasteiger partial charge >= 0.3 is 5.97 Å². The molecule has 1 N–H and O–H groups in total. The summed E-state index contributed by atoms with van der Waals surface area (Å²) < 4.78 is 6.21. The topological polar surface area (TPSA) is 71.8 Å². The molecule has 1 aliphatic heterocycles. The van der Waals surface area contributed by atoms with Crippen LogP contribution in [0.1, 0.15) is 11.4 Å². The molecule has 104 valence electrons. The molecule has 2 aromatic rings. The molecule has 0 saturated carbocycles. The Labute approximate surface area is 123 Å². The molecule has 5 nitrogen and oxygen atoms in total. The molecule has 3 rings (SSSR count). The van der Waals surface area contributed by atoms with Gasteiger partial charge in [0.25, 0.3) is 0 Å². The molecule has 1 aromatic carbocycles. The first-order valence-electron chi connectivity index (χ1n) is 6.06. The number of nitrogens with zero attached hydrogens (tertiary/aromatic N) is 2. The van der Waals surface area contributed by atoms with Gasteiger partial charge in [0.15, 0.2) is 0 Å². The van der Waals surface area contributed by atoms with Gasteiger partial charge in [0.05, 0.1) is 17.3 Å². The van der Waals surface area contributed by atoms with Crippen molar-refractivity contribution in [2.45, 2.75) is 12.5 Å². The number of aromatic nitrogens is 1. The van der Waals surface area contributed by atoms with Crippen molar-refractivity contribution < 1.29 is 14.6 Å². The van der Waals surface area contributed by atoms with Crippen molar-refractivity contribution in [3.63, 3.8) is 0 Å². The van der Waals surface area contributed by atoms with Crippen LogP contribution in [-0.2, 0) is 4.79 Å². The fourth-order valence-electron chi connectivity index (χ4n) is 1.93. The number of aliphatic imine (C=N–C) groups is 1. The number of carbonyl (C=O) groups is 1. The summed E-state index contributed by atoms with van der Waals surface area (Å²) in [5, 5.41) is 10.6. The van der Waals surface area contributed by atoms with Gasteiger partial charge in [-0.2, -0.15) is 0 Å². The van der Waals surface area contributed by atoms with Gasteiger partial charge in [-0.3, -0.25) is 4.99 Å². The van der Waals surface area contributed by atoms with E-state index < -0.39 is 12.0 Å². The summed E-state index contributed by atoms with van der Waals surface area (Å²) in [6.07, 6.45) is 0.572. The van der Waals surface area contributed by atoms with Crippen molar-refractivity contribution in [2.24, 2.45) is 4.99 Å². The minimum atomic E-state index is -0.870. The highest BCUT2D eigenvalue weighted by Crippen LogP contribution is 2.31. The molecule has 7 heteroatoms. The number of methoxy groups -OCH3 is 1. The molecule has 0 amide bonds. The fourth-order valence-corrected chi connectivity index (χ4v) is 4.02. The number of benzene rings is 1. The number of ether oxygens (including phenoxy) is 1. The fraction of sp³-hybridized carbons (Fsp3) is 0.308. The maximum absolute atomic E-state index is 11.0. The second-order valence-electron chi connectivity index (χ2n) is 4.28. The lowest BCUT2D eigenvalue weighted by Gasteiger charge is -2.14. The van der Waals surface area contributed by atoms with Gasteiger partial charge in [-0.05, 0) is 24.6 Å². The molecule has 2 heterocycles. The van der Waals surface area contributed by atoms with E-state index in [-0.39, 0.29) is 0 Å². The van der Waals surface area contributed by atoms with Crippen LogP contribution in [0.5, 0.6) is 5.75 Å². The minimum absolute atomic E-state index is 0.572. The van der Waals surface area contributed by atoms with Crippen molar-refractivity contribution in [3.8, 4) is 5.75 Å². The van der Waals surface area contributed by atoms with Crippen LogP contribution in [0.2, 0.25) is 0 Å². The van der Waals surface area contributed by atoms with Gasteiger partial charge in [-0.1, -0.05) is 0 Å². The van der Waals surface area contributed by atoms with Crippen molar-refractivity contribution in [3.05, 3.63) is 23.2 Å². The Balaban J connectivity index is 1.99. The Morgan fingerprint density at radius 3 is 3.10 bits per heavy atom. The molecular formula is C13H12N2O3S2. The number of fused-ring (bicyclic) bond motifs is 1. The first-order chi connectivity index (χ1) is 9.67. The zero-order valence-electron chi connectivity index (χ0n) is 10.7. The molecular weight excluding hydrogens is 296 g/mol. The molecule has 1 aromatic heterocycles. The molecule has 1 aliphatic rings. The smallest absolute Gasteiger partial charge is 0.328 e. The second kappa shape index (κ2) is 5.41. The van der Waals surface area contributed by atoms with Crippen LogP contribution in [0.4, 0.5) is 0 Å². The molecule has 0 saturated heterocycles. The van der Waals surface area contributed by atoms with Crippen LogP contribution in [0.3, 0.4) is 0 Å². The number of hydrogen-bond donors (Lipinski definition) is 1. The Morgan fingerprint density at radius 2 is 2.35 bits per heavy atom. The molecule has 0 bridgehead atoms. The summed E-state index contributed by atoms with van der Waals surface area (Å²) in [5.74, 6) is 0.676. The molecule has 0 unspecified atom stereocenters. The third-order valence-corrected chi connectivity index (χ3v) is 5.13. The third kappa shape index (κ3) is 2.51. The average Bonchev–Trinajstić information content (AvgIpc) is 2.90. The van der Waals surface area contributed by atoms with Crippen molar-refractivity contribution in [1.29, 1.82) is 0 Å². The SMILES string of the molecule is COc1ccc2nc(C3=N[C@H](C(=O)O)CCS3)sc2c1. The normalized spacial score (nSPS) is 18.9. The van der Waals surface area contributed by atoms with E-state index in [4.69, 9.17) is 9.84 Å². The highest BCUT2D eigenvalue weighted by atomic mass is 32.2. The van der Waals surface area contributed by atoms with E-state index in [0.717, 1.165) is 31.8 Å². The van der Waals surface area contributed by atoms with Gasteiger partial charge in [0.2, 0.25) is 0 Å². The number of thiazole rings is 1. The summed E-state index contributed by atoms with van der Waals surface area (Å²) in [6.45, 7) is 0. The van der Waals surface area contributed by atoms with Crippen molar-refractivity contribution >= 4 is 44.3 Å². The van der Waals surface area contributed by atoms with Gasteiger partial charge < -0.3 is 9.84 Å². The third-order valence-electron chi connectivity index (χ3n) is 2.97. The first-order valence-corrected chi connectivity index (χ1v) is 7.86. The molecule has 1 atom stereocenters. The van der Waals surface area contributed by atoms with E-state index in [1.54, 1.807) is 18.9 Å². The molecule has 0 aliphatic carbocycles. The van der Waals surface area contributed by atoms with Gasteiger partial charge in [-0.15, -0.1) is 23.1 Å². The standard InChI is InChI=1S/C13H12N2O3S2/c1-18-7-2-3-8-10(6-7)20-12(14-8)11-15-9(13(16)17)4-5-19-11/h2-3,6,9H,4-5H2,1H3,(H,16,17)/t9-/m0/s1. The van der Waals surface area contributed by atoms with Crippen LogP contribution in [0.25, 0.3) is 10.2 Å². The van der Waals surface area contributed by atoms with Crippen molar-refractivity contribution in [2.75, 3.05) is 12.9 Å². The van der Waals surface area contributed by atoms with Gasteiger partial charge in [0.1, 0.15) is 21.8 Å². The Bertz CT molecular complexity index is 696. The van der Waals surface area contributed by atoms with Crippen LogP contribution in [-0.4, -0.2) is 40.0 Å². The molecule has 0 fully saturated rings. The lowest BCUT2D eigenvalue weighted by atomic mass is 10.2. The second-order valence-corrected chi connectivity index (χ2v) is 6.39. The Morgan fingerprint density at radius 1 is 1.50 bits per heavy atom. The predicted molar refractivity (Wildman–Crippen MR) is 81.2 cm³/mol. The maximum atomic E-state index is 11.0. The highest BCUT2D eigenvalue weighted by molar-refractivity contribution is 8.14. The molecule has 20 heavy (non-hydrogen) atoms. The minimum Gasteiger partial charge on any atom is -0.497 e. The number of rotatable bonds is 3. The number of thioether (sulfide) groups is 1. The molecule has 0 spiro atoms. The van der Waals surface area contributed by atoms with Crippen LogP contribution in [0, 0.1) is 0 Å². The van der Waals surface area contributed by atoms with E-state index >= 15 is 0 Å². The highest BCUT2D eigenvalue weighted by Gasteiger charge is 2.24. The summed E-state index contributed by atoms with van der Waals surface area (Å²) >= 11 is 3.08. The number of hydrogen-bond acceptors (Lipinski definition) is 6. The average molecular weight is 308 g/mol. The summed E-state index contributed by atoms with van der Waals surface area (Å²) in [6, 6.07) is 5.05. The quantitative estimate of drug-likeness (QED) is 0.943. The number of carboxylic acids is 1. The van der Waals surface area contributed by atoms with E-state index in [2.05, 4.69) is 9.98 Å². The zero-order valence-corrected chi connectivity index (χ0v) is 12.3. The summed E-state index contributed by atoms with van der Waals surface area (Å²) in [4.78, 5) is 19.8. The monoisotopic (exact) mass is 308 g/mol. The largest absolute Gasteiger partial charge is 0.497 e. The van der Waals surface area contributed by atoms with E-state index in [9.17, 15) is 4.79 Å². The number of aliphatic carboxylic acids is 1. The van der Waals surface area contributed by atoms with Crippen molar-refractivity contribution in [1.82, 2.24) is 4.98 Å². The van der Waals surface area contributed by atoms with Gasteiger partial charge in [-0.25, -0.2) is 9.78 Å².